The van der Waals surface area contributed by atoms with E-state index >= 15 is 0 Å². The van der Waals surface area contributed by atoms with Crippen LogP contribution in [0.3, 0.4) is 0 Å². The van der Waals surface area contributed by atoms with E-state index in [-0.39, 0.29) is 11.0 Å². The SMILES string of the molecule is CC(C)(C)C1(C)N=Nc2n[nH]nc21. The van der Waals surface area contributed by atoms with E-state index < -0.39 is 0 Å². The molecule has 0 saturated carbocycles. The van der Waals surface area contributed by atoms with Crippen LogP contribution in [0.1, 0.15) is 33.4 Å². The third-order valence-corrected chi connectivity index (χ3v) is 2.80. The molecule has 0 spiro atoms. The number of hydrogen-bond donors (Lipinski definition) is 1. The fraction of sp³-hybridized carbons (Fsp3) is 0.750. The van der Waals surface area contributed by atoms with Crippen molar-refractivity contribution in [2.24, 2.45) is 15.6 Å². The number of H-pyrrole nitrogens is 1. The van der Waals surface area contributed by atoms with Gasteiger partial charge in [0.15, 0.2) is 0 Å². The molecule has 0 amide bonds. The number of nitrogens with one attached hydrogen (secondary N) is 1. The molecule has 1 aliphatic heterocycles. The van der Waals surface area contributed by atoms with E-state index in [2.05, 4.69) is 46.4 Å². The van der Waals surface area contributed by atoms with Gasteiger partial charge in [0.2, 0.25) is 5.82 Å². The third-order valence-electron chi connectivity index (χ3n) is 2.80. The Labute approximate surface area is 76.6 Å². The maximum absolute atomic E-state index is 4.25. The van der Waals surface area contributed by atoms with E-state index in [1.807, 2.05) is 6.92 Å². The maximum atomic E-state index is 4.25. The Hall–Kier alpha value is -1.26. The number of azo groups is 1. The van der Waals surface area contributed by atoms with E-state index in [4.69, 9.17) is 0 Å². The highest BCUT2D eigenvalue weighted by Crippen LogP contribution is 2.48. The molecule has 0 bridgehead atoms. The van der Waals surface area contributed by atoms with Gasteiger partial charge in [-0.2, -0.15) is 15.4 Å². The first-order valence-electron chi connectivity index (χ1n) is 4.29. The van der Waals surface area contributed by atoms with Gasteiger partial charge >= 0.3 is 0 Å². The molecule has 70 valence electrons. The molecule has 2 rings (SSSR count). The van der Waals surface area contributed by atoms with Crippen LogP contribution in [0.15, 0.2) is 10.2 Å². The molecule has 1 aliphatic rings. The quantitative estimate of drug-likeness (QED) is 0.663. The summed E-state index contributed by atoms with van der Waals surface area (Å²) in [6.45, 7) is 8.40. The van der Waals surface area contributed by atoms with Crippen molar-refractivity contribution in [3.63, 3.8) is 0 Å². The molecule has 0 aliphatic carbocycles. The first-order chi connectivity index (χ1) is 5.95. The molecule has 1 aromatic heterocycles. The lowest BCUT2D eigenvalue weighted by Crippen LogP contribution is -2.33. The lowest BCUT2D eigenvalue weighted by Gasteiger charge is -2.33. The van der Waals surface area contributed by atoms with Gasteiger partial charge in [0.1, 0.15) is 11.2 Å². The van der Waals surface area contributed by atoms with Crippen molar-refractivity contribution in [2.45, 2.75) is 33.2 Å². The van der Waals surface area contributed by atoms with E-state index in [0.29, 0.717) is 5.82 Å². The zero-order valence-corrected chi connectivity index (χ0v) is 8.29. The van der Waals surface area contributed by atoms with Crippen LogP contribution in [0.2, 0.25) is 0 Å². The second-order valence-electron chi connectivity index (χ2n) is 4.52. The van der Waals surface area contributed by atoms with Gasteiger partial charge in [-0.15, -0.1) is 10.2 Å². The summed E-state index contributed by atoms with van der Waals surface area (Å²) < 4.78 is 0. The molecule has 1 unspecified atom stereocenters. The molecule has 0 aromatic carbocycles. The second kappa shape index (κ2) is 2.16. The van der Waals surface area contributed by atoms with Gasteiger partial charge in [0.05, 0.1) is 0 Å². The van der Waals surface area contributed by atoms with Gasteiger partial charge in [0.25, 0.3) is 0 Å². The van der Waals surface area contributed by atoms with E-state index in [1.54, 1.807) is 0 Å². The van der Waals surface area contributed by atoms with Crippen LogP contribution < -0.4 is 0 Å². The molecule has 5 heteroatoms. The number of aromatic amines is 1. The summed E-state index contributed by atoms with van der Waals surface area (Å²) in [7, 11) is 0. The minimum atomic E-state index is -0.352. The van der Waals surface area contributed by atoms with Gasteiger partial charge in [-0.3, -0.25) is 0 Å². The highest BCUT2D eigenvalue weighted by Gasteiger charge is 2.46. The Morgan fingerprint density at radius 2 is 1.92 bits per heavy atom. The summed E-state index contributed by atoms with van der Waals surface area (Å²) in [4.78, 5) is 0. The predicted molar refractivity (Wildman–Crippen MR) is 47.7 cm³/mol. The Kier molecular flexibility index (Phi) is 1.38. The number of aromatic nitrogens is 3. The Bertz CT molecular complexity index is 359. The summed E-state index contributed by atoms with van der Waals surface area (Å²) in [5.41, 5.74) is 0.494. The predicted octanol–water partition coefficient (Wildman–Crippen LogP) is 2.16. The van der Waals surface area contributed by atoms with Gasteiger partial charge in [-0.1, -0.05) is 20.8 Å². The zero-order chi connectivity index (χ0) is 9.69. The average Bonchev–Trinajstić information content (AvgIpc) is 2.52. The number of hydrogen-bond acceptors (Lipinski definition) is 4. The fourth-order valence-electron chi connectivity index (χ4n) is 1.32. The van der Waals surface area contributed by atoms with Gasteiger partial charge < -0.3 is 0 Å². The molecule has 13 heavy (non-hydrogen) atoms. The summed E-state index contributed by atoms with van der Waals surface area (Å²) in [6, 6.07) is 0. The Morgan fingerprint density at radius 1 is 1.23 bits per heavy atom. The van der Waals surface area contributed by atoms with Gasteiger partial charge in [-0.25, -0.2) is 0 Å². The van der Waals surface area contributed by atoms with Crippen LogP contribution in [0.25, 0.3) is 0 Å². The van der Waals surface area contributed by atoms with E-state index in [0.717, 1.165) is 5.69 Å². The van der Waals surface area contributed by atoms with Crippen molar-refractivity contribution >= 4 is 5.82 Å². The Morgan fingerprint density at radius 3 is 2.54 bits per heavy atom. The first-order valence-corrected chi connectivity index (χ1v) is 4.29. The third kappa shape index (κ3) is 0.928. The first kappa shape index (κ1) is 8.34. The van der Waals surface area contributed by atoms with Crippen LogP contribution in [0.5, 0.6) is 0 Å². The number of nitrogens with zero attached hydrogens (tertiary/aromatic N) is 4. The molecular formula is C8H13N5. The molecule has 1 aromatic rings. The second-order valence-corrected chi connectivity index (χ2v) is 4.52. The van der Waals surface area contributed by atoms with Crippen molar-refractivity contribution in [1.82, 2.24) is 15.4 Å². The molecule has 1 N–H and O–H groups in total. The lowest BCUT2D eigenvalue weighted by molar-refractivity contribution is 0.207. The zero-order valence-electron chi connectivity index (χ0n) is 8.29. The summed E-state index contributed by atoms with van der Waals surface area (Å²) in [6.07, 6.45) is 0. The summed E-state index contributed by atoms with van der Waals surface area (Å²) >= 11 is 0. The van der Waals surface area contributed by atoms with E-state index in [9.17, 15) is 0 Å². The number of fused-ring (bicyclic) bond motifs is 1. The van der Waals surface area contributed by atoms with Crippen molar-refractivity contribution in [3.8, 4) is 0 Å². The van der Waals surface area contributed by atoms with Crippen LogP contribution >= 0.6 is 0 Å². The van der Waals surface area contributed by atoms with Crippen molar-refractivity contribution < 1.29 is 0 Å². The average molecular weight is 179 g/mol. The number of rotatable bonds is 0. The highest BCUT2D eigenvalue weighted by molar-refractivity contribution is 5.41. The lowest BCUT2D eigenvalue weighted by atomic mass is 9.74. The highest BCUT2D eigenvalue weighted by atomic mass is 15.4. The molecular weight excluding hydrogens is 166 g/mol. The van der Waals surface area contributed by atoms with Crippen LogP contribution in [-0.2, 0) is 5.54 Å². The topological polar surface area (TPSA) is 66.3 Å². The standard InChI is InChI=1S/C8H13N5/c1-7(2,3)8(4)5-6(10-12-8)11-13-9-5/h1-4H3,(H,9,11,13). The smallest absolute Gasteiger partial charge is 0.195 e. The molecule has 1 atom stereocenters. The van der Waals surface area contributed by atoms with Crippen LogP contribution in [-0.4, -0.2) is 15.4 Å². The van der Waals surface area contributed by atoms with Crippen molar-refractivity contribution in [3.05, 3.63) is 5.69 Å². The molecule has 0 saturated heterocycles. The van der Waals surface area contributed by atoms with Gasteiger partial charge in [0, 0.05) is 0 Å². The maximum Gasteiger partial charge on any atom is 0.221 e. The largest absolute Gasteiger partial charge is 0.221 e. The monoisotopic (exact) mass is 179 g/mol. The minimum absolute atomic E-state index is 0.00137. The molecule has 0 fully saturated rings. The fourth-order valence-corrected chi connectivity index (χ4v) is 1.32. The van der Waals surface area contributed by atoms with Crippen molar-refractivity contribution in [2.75, 3.05) is 0 Å². The van der Waals surface area contributed by atoms with Crippen molar-refractivity contribution in [1.29, 1.82) is 0 Å². The van der Waals surface area contributed by atoms with Crippen LogP contribution in [0.4, 0.5) is 5.82 Å². The minimum Gasteiger partial charge on any atom is -0.195 e. The summed E-state index contributed by atoms with van der Waals surface area (Å²) in [5, 5.41) is 18.8. The molecule has 5 nitrogen and oxygen atoms in total. The van der Waals surface area contributed by atoms with Gasteiger partial charge in [-0.05, 0) is 12.3 Å². The summed E-state index contributed by atoms with van der Waals surface area (Å²) in [5.74, 6) is 0.623. The van der Waals surface area contributed by atoms with E-state index in [1.165, 1.54) is 0 Å². The molecule has 2 heterocycles. The van der Waals surface area contributed by atoms with Crippen LogP contribution in [0, 0.1) is 5.41 Å². The molecule has 0 radical (unpaired) electrons. The Balaban J connectivity index is 2.56. The normalized spacial score (nSPS) is 26.5.